The van der Waals surface area contributed by atoms with Crippen LogP contribution in [0.3, 0.4) is 0 Å². The molecule has 1 fully saturated rings. The third-order valence-electron chi connectivity index (χ3n) is 4.49. The molecular weight excluding hydrogens is 236 g/mol. The highest BCUT2D eigenvalue weighted by Crippen LogP contribution is 2.28. The summed E-state index contributed by atoms with van der Waals surface area (Å²) in [4.78, 5) is 12.2. The first-order chi connectivity index (χ1) is 9.04. The zero-order valence-corrected chi connectivity index (χ0v) is 13.0. The topological polar surface area (TPSA) is 55.1 Å². The first-order valence-corrected chi connectivity index (χ1v) is 8.10. The van der Waals surface area contributed by atoms with E-state index in [0.29, 0.717) is 12.0 Å². The van der Waals surface area contributed by atoms with E-state index in [1.165, 1.54) is 25.7 Å². The van der Waals surface area contributed by atoms with Crippen molar-refractivity contribution in [1.29, 1.82) is 0 Å². The van der Waals surface area contributed by atoms with Crippen molar-refractivity contribution in [1.82, 2.24) is 5.32 Å². The van der Waals surface area contributed by atoms with Crippen molar-refractivity contribution in [3.63, 3.8) is 0 Å². The smallest absolute Gasteiger partial charge is 0.223 e. The van der Waals surface area contributed by atoms with E-state index in [1.807, 2.05) is 0 Å². The number of carbonyl (C=O) groups is 1. The van der Waals surface area contributed by atoms with Gasteiger partial charge in [-0.15, -0.1) is 0 Å². The van der Waals surface area contributed by atoms with Gasteiger partial charge in [-0.1, -0.05) is 39.5 Å². The van der Waals surface area contributed by atoms with Gasteiger partial charge >= 0.3 is 0 Å². The van der Waals surface area contributed by atoms with Crippen molar-refractivity contribution >= 4 is 5.91 Å². The number of hydrogen-bond donors (Lipinski definition) is 2. The second kappa shape index (κ2) is 8.57. The average Bonchev–Trinajstić information content (AvgIpc) is 2.38. The van der Waals surface area contributed by atoms with Gasteiger partial charge < -0.3 is 11.1 Å². The van der Waals surface area contributed by atoms with Gasteiger partial charge in [0, 0.05) is 18.0 Å². The van der Waals surface area contributed by atoms with E-state index in [1.54, 1.807) is 0 Å². The fraction of sp³-hybridized carbons (Fsp3) is 0.938. The van der Waals surface area contributed by atoms with Crippen LogP contribution in [0.4, 0.5) is 0 Å². The molecule has 0 saturated heterocycles. The first kappa shape index (κ1) is 16.5. The molecule has 4 unspecified atom stereocenters. The molecule has 0 aromatic heterocycles. The summed E-state index contributed by atoms with van der Waals surface area (Å²) >= 11 is 0. The molecule has 0 bridgehead atoms. The Bertz CT molecular complexity index is 267. The van der Waals surface area contributed by atoms with Crippen LogP contribution in [0.2, 0.25) is 0 Å². The molecule has 1 saturated carbocycles. The van der Waals surface area contributed by atoms with Gasteiger partial charge in [0.05, 0.1) is 0 Å². The second-order valence-electron chi connectivity index (χ2n) is 6.41. The molecule has 0 spiro atoms. The zero-order valence-electron chi connectivity index (χ0n) is 13.0. The molecule has 0 heterocycles. The molecule has 1 amide bonds. The van der Waals surface area contributed by atoms with Crippen LogP contribution in [-0.2, 0) is 4.79 Å². The molecule has 3 N–H and O–H groups in total. The van der Waals surface area contributed by atoms with Crippen molar-refractivity contribution in [2.45, 2.75) is 84.2 Å². The number of unbranched alkanes of at least 4 members (excludes halogenated alkanes) is 3. The maximum absolute atomic E-state index is 12.2. The molecule has 3 nitrogen and oxygen atoms in total. The largest absolute Gasteiger partial charge is 0.353 e. The van der Waals surface area contributed by atoms with Crippen LogP contribution in [0.15, 0.2) is 0 Å². The van der Waals surface area contributed by atoms with Gasteiger partial charge in [0.2, 0.25) is 5.91 Å². The van der Waals surface area contributed by atoms with Crippen molar-refractivity contribution in [3.05, 3.63) is 0 Å². The molecule has 3 heteroatoms. The summed E-state index contributed by atoms with van der Waals surface area (Å²) in [6.07, 6.45) is 9.08. The van der Waals surface area contributed by atoms with Crippen LogP contribution in [0.25, 0.3) is 0 Å². The van der Waals surface area contributed by atoms with Crippen molar-refractivity contribution in [2.24, 2.45) is 17.6 Å². The van der Waals surface area contributed by atoms with Crippen molar-refractivity contribution in [2.75, 3.05) is 0 Å². The number of nitrogens with one attached hydrogen (secondary N) is 1. The second-order valence-corrected chi connectivity index (χ2v) is 6.41. The summed E-state index contributed by atoms with van der Waals surface area (Å²) in [5.74, 6) is 0.916. The van der Waals surface area contributed by atoms with E-state index in [0.717, 1.165) is 25.7 Å². The average molecular weight is 268 g/mol. The SMILES string of the molecule is CCCCCCC(C)NC(=O)C1CCC(N)C(C)C1. The Morgan fingerprint density at radius 2 is 2.05 bits per heavy atom. The van der Waals surface area contributed by atoms with E-state index < -0.39 is 0 Å². The molecule has 1 rings (SSSR count). The molecule has 19 heavy (non-hydrogen) atoms. The number of hydrogen-bond acceptors (Lipinski definition) is 2. The lowest BCUT2D eigenvalue weighted by atomic mass is 9.79. The summed E-state index contributed by atoms with van der Waals surface area (Å²) in [7, 11) is 0. The number of nitrogens with two attached hydrogens (primary N) is 1. The Balaban J connectivity index is 2.22. The van der Waals surface area contributed by atoms with Crippen molar-refractivity contribution in [3.8, 4) is 0 Å². The van der Waals surface area contributed by atoms with Crippen molar-refractivity contribution < 1.29 is 4.79 Å². The Labute approximate surface area is 118 Å². The van der Waals surface area contributed by atoms with Gasteiger partial charge in [0.25, 0.3) is 0 Å². The molecule has 1 aliphatic carbocycles. The normalized spacial score (nSPS) is 28.9. The van der Waals surface area contributed by atoms with Gasteiger partial charge in [-0.25, -0.2) is 0 Å². The molecule has 1 aliphatic rings. The molecule has 0 aromatic carbocycles. The summed E-state index contributed by atoms with van der Waals surface area (Å²) in [6, 6.07) is 0.603. The highest BCUT2D eigenvalue weighted by atomic mass is 16.1. The van der Waals surface area contributed by atoms with Gasteiger partial charge in [-0.2, -0.15) is 0 Å². The molecule has 0 aromatic rings. The highest BCUT2D eigenvalue weighted by molar-refractivity contribution is 5.79. The Hall–Kier alpha value is -0.570. The van der Waals surface area contributed by atoms with Crippen LogP contribution in [0, 0.1) is 11.8 Å². The minimum Gasteiger partial charge on any atom is -0.353 e. The fourth-order valence-electron chi connectivity index (χ4n) is 2.97. The maximum atomic E-state index is 12.2. The lowest BCUT2D eigenvalue weighted by molar-refractivity contribution is -0.127. The molecule has 4 atom stereocenters. The van der Waals surface area contributed by atoms with Crippen LogP contribution in [-0.4, -0.2) is 18.0 Å². The monoisotopic (exact) mass is 268 g/mol. The third-order valence-corrected chi connectivity index (χ3v) is 4.49. The van der Waals surface area contributed by atoms with Crippen LogP contribution in [0.5, 0.6) is 0 Å². The van der Waals surface area contributed by atoms with E-state index >= 15 is 0 Å². The third kappa shape index (κ3) is 5.94. The van der Waals surface area contributed by atoms with Crippen LogP contribution in [0.1, 0.15) is 72.1 Å². The lowest BCUT2D eigenvalue weighted by Crippen LogP contribution is -2.43. The van der Waals surface area contributed by atoms with Gasteiger partial charge in [-0.05, 0) is 38.5 Å². The summed E-state index contributed by atoms with van der Waals surface area (Å²) in [5, 5.41) is 3.18. The Morgan fingerprint density at radius 3 is 2.68 bits per heavy atom. The van der Waals surface area contributed by atoms with Gasteiger partial charge in [-0.3, -0.25) is 4.79 Å². The predicted octanol–water partition coefficient (Wildman–Crippen LogP) is 3.23. The minimum atomic E-state index is 0.188. The minimum absolute atomic E-state index is 0.188. The summed E-state index contributed by atoms with van der Waals surface area (Å²) < 4.78 is 0. The lowest BCUT2D eigenvalue weighted by Gasteiger charge is -2.31. The van der Waals surface area contributed by atoms with E-state index in [2.05, 4.69) is 26.1 Å². The van der Waals surface area contributed by atoms with E-state index in [4.69, 9.17) is 5.73 Å². The quantitative estimate of drug-likeness (QED) is 0.697. The maximum Gasteiger partial charge on any atom is 0.223 e. The zero-order chi connectivity index (χ0) is 14.3. The molecular formula is C16H32N2O. The Morgan fingerprint density at radius 1 is 1.32 bits per heavy atom. The van der Waals surface area contributed by atoms with Gasteiger partial charge in [0.15, 0.2) is 0 Å². The fourth-order valence-corrected chi connectivity index (χ4v) is 2.97. The van der Waals surface area contributed by atoms with E-state index in [9.17, 15) is 4.79 Å². The summed E-state index contributed by atoms with van der Waals surface area (Å²) in [5.41, 5.74) is 6.00. The number of amides is 1. The first-order valence-electron chi connectivity index (χ1n) is 8.10. The highest BCUT2D eigenvalue weighted by Gasteiger charge is 2.29. The summed E-state index contributed by atoms with van der Waals surface area (Å²) in [6.45, 7) is 6.51. The Kier molecular flexibility index (Phi) is 7.44. The number of rotatable bonds is 7. The van der Waals surface area contributed by atoms with E-state index in [-0.39, 0.29) is 17.9 Å². The standard InChI is InChI=1S/C16H32N2O/c1-4-5-6-7-8-13(3)18-16(19)14-9-10-15(17)12(2)11-14/h12-15H,4-11,17H2,1-3H3,(H,18,19). The van der Waals surface area contributed by atoms with Crippen LogP contribution >= 0.6 is 0 Å². The molecule has 0 radical (unpaired) electrons. The molecule has 0 aliphatic heterocycles. The predicted molar refractivity (Wildman–Crippen MR) is 80.8 cm³/mol. The van der Waals surface area contributed by atoms with Gasteiger partial charge in [0.1, 0.15) is 0 Å². The molecule has 112 valence electrons. The van der Waals surface area contributed by atoms with Crippen LogP contribution < -0.4 is 11.1 Å². The number of carbonyl (C=O) groups excluding carboxylic acids is 1.